The van der Waals surface area contributed by atoms with Gasteiger partial charge in [0.15, 0.2) is 5.96 Å². The van der Waals surface area contributed by atoms with Crippen LogP contribution < -0.4 is 5.32 Å². The summed E-state index contributed by atoms with van der Waals surface area (Å²) in [5.41, 5.74) is 0. The van der Waals surface area contributed by atoms with Gasteiger partial charge in [0.25, 0.3) is 0 Å². The molecule has 0 radical (unpaired) electrons. The molecule has 3 aliphatic heterocycles. The molecule has 3 fully saturated rings. The van der Waals surface area contributed by atoms with Gasteiger partial charge in [0.2, 0.25) is 0 Å². The number of ether oxygens (including phenoxy) is 3. The first kappa shape index (κ1) is 19.9. The lowest BCUT2D eigenvalue weighted by Gasteiger charge is -2.37. The molecule has 0 bridgehead atoms. The Balaban J connectivity index is 1.51. The first-order valence-electron chi connectivity index (χ1n) is 10.3. The van der Waals surface area contributed by atoms with Crippen molar-refractivity contribution in [2.24, 2.45) is 10.9 Å². The van der Waals surface area contributed by atoms with Crippen molar-refractivity contribution in [1.82, 2.24) is 15.1 Å². The molecule has 3 atom stereocenters. The lowest BCUT2D eigenvalue weighted by molar-refractivity contribution is -0.0817. The second kappa shape index (κ2) is 10.4. The second-order valence-electron chi connectivity index (χ2n) is 7.62. The van der Waals surface area contributed by atoms with Crippen LogP contribution >= 0.6 is 0 Å². The number of morpholine rings is 2. The van der Waals surface area contributed by atoms with Crippen molar-refractivity contribution in [2.75, 3.05) is 72.2 Å². The molecule has 0 amide bonds. The minimum absolute atomic E-state index is 0.167. The highest BCUT2D eigenvalue weighted by Crippen LogP contribution is 2.21. The molecule has 1 N–H and O–H groups in total. The van der Waals surface area contributed by atoms with Gasteiger partial charge in [-0.1, -0.05) is 6.92 Å². The van der Waals surface area contributed by atoms with Gasteiger partial charge in [0.1, 0.15) is 6.10 Å². The summed E-state index contributed by atoms with van der Waals surface area (Å²) in [5, 5.41) is 3.47. The molecule has 3 saturated heterocycles. The molecule has 0 aliphatic carbocycles. The van der Waals surface area contributed by atoms with Crippen LogP contribution in [-0.4, -0.2) is 100 Å². The zero-order valence-electron chi connectivity index (χ0n) is 16.5. The van der Waals surface area contributed by atoms with Gasteiger partial charge in [-0.25, -0.2) is 0 Å². The van der Waals surface area contributed by atoms with Crippen LogP contribution in [0.4, 0.5) is 0 Å². The average Bonchev–Trinajstić information content (AvgIpc) is 3.21. The van der Waals surface area contributed by atoms with Gasteiger partial charge in [-0.15, -0.1) is 0 Å². The largest absolute Gasteiger partial charge is 0.379 e. The Bertz CT molecular complexity index is 437. The SMILES string of the molecule is CCNC(=NCC(C)CN1CCOCC1)N1CCOC(C2CCCO2)C1. The molecule has 3 heterocycles. The van der Waals surface area contributed by atoms with Crippen molar-refractivity contribution in [3.8, 4) is 0 Å². The first-order valence-corrected chi connectivity index (χ1v) is 10.3. The Kier molecular flexibility index (Phi) is 7.98. The minimum Gasteiger partial charge on any atom is -0.379 e. The smallest absolute Gasteiger partial charge is 0.194 e. The fourth-order valence-corrected chi connectivity index (χ4v) is 3.94. The Morgan fingerprint density at radius 3 is 2.65 bits per heavy atom. The van der Waals surface area contributed by atoms with E-state index in [1.54, 1.807) is 0 Å². The highest BCUT2D eigenvalue weighted by molar-refractivity contribution is 5.80. The van der Waals surface area contributed by atoms with E-state index in [4.69, 9.17) is 19.2 Å². The Labute approximate surface area is 158 Å². The van der Waals surface area contributed by atoms with Crippen LogP contribution in [0.15, 0.2) is 4.99 Å². The van der Waals surface area contributed by atoms with Crippen molar-refractivity contribution in [3.05, 3.63) is 0 Å². The van der Waals surface area contributed by atoms with Crippen LogP contribution in [0.1, 0.15) is 26.7 Å². The van der Waals surface area contributed by atoms with E-state index < -0.39 is 0 Å². The number of hydrogen-bond acceptors (Lipinski definition) is 5. The fraction of sp³-hybridized carbons (Fsp3) is 0.947. The van der Waals surface area contributed by atoms with Crippen molar-refractivity contribution in [3.63, 3.8) is 0 Å². The van der Waals surface area contributed by atoms with Crippen LogP contribution in [0.5, 0.6) is 0 Å². The molecule has 0 spiro atoms. The maximum Gasteiger partial charge on any atom is 0.194 e. The maximum absolute atomic E-state index is 5.98. The van der Waals surface area contributed by atoms with Crippen LogP contribution in [0.25, 0.3) is 0 Å². The molecular weight excluding hydrogens is 332 g/mol. The average molecular weight is 369 g/mol. The molecule has 7 heteroatoms. The van der Waals surface area contributed by atoms with Crippen molar-refractivity contribution < 1.29 is 14.2 Å². The summed E-state index contributed by atoms with van der Waals surface area (Å²) in [5.74, 6) is 1.56. The number of guanidine groups is 1. The van der Waals surface area contributed by atoms with E-state index in [0.717, 1.165) is 91.0 Å². The van der Waals surface area contributed by atoms with Gasteiger partial charge in [-0.2, -0.15) is 0 Å². The predicted molar refractivity (Wildman–Crippen MR) is 103 cm³/mol. The number of aliphatic imine (C=N–C) groups is 1. The molecular formula is C19H36N4O3. The summed E-state index contributed by atoms with van der Waals surface area (Å²) in [6.07, 6.45) is 2.68. The first-order chi connectivity index (χ1) is 12.8. The summed E-state index contributed by atoms with van der Waals surface area (Å²) in [6.45, 7) is 14.4. The highest BCUT2D eigenvalue weighted by atomic mass is 16.5. The zero-order valence-corrected chi connectivity index (χ0v) is 16.5. The standard InChI is InChI=1S/C19H36N4O3/c1-3-20-19(21-13-16(2)14-22-6-10-24-11-7-22)23-8-12-26-18(15-23)17-5-4-9-25-17/h16-18H,3-15H2,1-2H3,(H,20,21). The molecule has 0 aromatic carbocycles. The van der Waals surface area contributed by atoms with Crippen molar-refractivity contribution >= 4 is 5.96 Å². The quantitative estimate of drug-likeness (QED) is 0.553. The third-order valence-corrected chi connectivity index (χ3v) is 5.33. The van der Waals surface area contributed by atoms with Gasteiger partial charge < -0.3 is 24.4 Å². The number of hydrogen-bond donors (Lipinski definition) is 1. The third-order valence-electron chi connectivity index (χ3n) is 5.33. The van der Waals surface area contributed by atoms with E-state index >= 15 is 0 Å². The van der Waals surface area contributed by atoms with Crippen LogP contribution in [0, 0.1) is 5.92 Å². The monoisotopic (exact) mass is 368 g/mol. The topological polar surface area (TPSA) is 58.6 Å². The van der Waals surface area contributed by atoms with Gasteiger partial charge >= 0.3 is 0 Å². The van der Waals surface area contributed by atoms with Crippen molar-refractivity contribution in [2.45, 2.75) is 38.9 Å². The van der Waals surface area contributed by atoms with Gasteiger partial charge in [-0.3, -0.25) is 9.89 Å². The molecule has 3 unspecified atom stereocenters. The fourth-order valence-electron chi connectivity index (χ4n) is 3.94. The summed E-state index contributed by atoms with van der Waals surface area (Å²) in [7, 11) is 0. The van der Waals surface area contributed by atoms with Gasteiger partial charge in [-0.05, 0) is 25.7 Å². The molecule has 7 nitrogen and oxygen atoms in total. The van der Waals surface area contributed by atoms with E-state index in [9.17, 15) is 0 Å². The van der Waals surface area contributed by atoms with Gasteiger partial charge in [0, 0.05) is 52.4 Å². The third kappa shape index (κ3) is 5.81. The second-order valence-corrected chi connectivity index (χ2v) is 7.62. The van der Waals surface area contributed by atoms with Crippen LogP contribution in [0.3, 0.4) is 0 Å². The Morgan fingerprint density at radius 2 is 1.92 bits per heavy atom. The van der Waals surface area contributed by atoms with Crippen LogP contribution in [-0.2, 0) is 14.2 Å². The maximum atomic E-state index is 5.98. The number of rotatable bonds is 6. The molecule has 0 saturated carbocycles. The Morgan fingerprint density at radius 1 is 1.12 bits per heavy atom. The molecule has 0 aromatic rings. The van der Waals surface area contributed by atoms with E-state index in [0.29, 0.717) is 5.92 Å². The van der Waals surface area contributed by atoms with Crippen LogP contribution in [0.2, 0.25) is 0 Å². The van der Waals surface area contributed by atoms with E-state index in [-0.39, 0.29) is 12.2 Å². The van der Waals surface area contributed by atoms with Crippen molar-refractivity contribution in [1.29, 1.82) is 0 Å². The lowest BCUT2D eigenvalue weighted by atomic mass is 10.1. The summed E-state index contributed by atoms with van der Waals surface area (Å²) >= 11 is 0. The molecule has 0 aromatic heterocycles. The van der Waals surface area contributed by atoms with E-state index in [1.807, 2.05) is 0 Å². The number of nitrogens with one attached hydrogen (secondary N) is 1. The predicted octanol–water partition coefficient (Wildman–Crippen LogP) is 0.800. The molecule has 150 valence electrons. The number of nitrogens with zero attached hydrogens (tertiary/aromatic N) is 3. The van der Waals surface area contributed by atoms with E-state index in [1.165, 1.54) is 0 Å². The minimum atomic E-state index is 0.167. The summed E-state index contributed by atoms with van der Waals surface area (Å²) < 4.78 is 17.2. The molecule has 3 rings (SSSR count). The molecule has 3 aliphatic rings. The Hall–Kier alpha value is -0.890. The highest BCUT2D eigenvalue weighted by Gasteiger charge is 2.32. The molecule has 26 heavy (non-hydrogen) atoms. The normalized spacial score (nSPS) is 29.8. The van der Waals surface area contributed by atoms with E-state index in [2.05, 4.69) is 29.0 Å². The summed E-state index contributed by atoms with van der Waals surface area (Å²) in [6, 6.07) is 0. The zero-order chi connectivity index (χ0) is 18.2. The summed E-state index contributed by atoms with van der Waals surface area (Å²) in [4.78, 5) is 9.77. The van der Waals surface area contributed by atoms with Gasteiger partial charge in [0.05, 0.1) is 25.9 Å². The lowest BCUT2D eigenvalue weighted by Crippen LogP contribution is -2.53.